The van der Waals surface area contributed by atoms with Crippen LogP contribution in [0.2, 0.25) is 0 Å². The van der Waals surface area contributed by atoms with Gasteiger partial charge in [0.2, 0.25) is 0 Å². The maximum absolute atomic E-state index is 11.6. The van der Waals surface area contributed by atoms with Gasteiger partial charge in [0.25, 0.3) is 5.91 Å². The molecule has 6 heteroatoms. The van der Waals surface area contributed by atoms with E-state index in [9.17, 15) is 9.59 Å². The van der Waals surface area contributed by atoms with Gasteiger partial charge in [0, 0.05) is 11.5 Å². The van der Waals surface area contributed by atoms with Crippen molar-refractivity contribution in [2.45, 2.75) is 20.0 Å². The van der Waals surface area contributed by atoms with E-state index >= 15 is 0 Å². The maximum atomic E-state index is 11.6. The number of hydrogen-bond acceptors (Lipinski definition) is 3. The van der Waals surface area contributed by atoms with Crippen molar-refractivity contribution in [2.75, 3.05) is 7.05 Å². The lowest BCUT2D eigenvalue weighted by Crippen LogP contribution is -2.44. The van der Waals surface area contributed by atoms with Crippen LogP contribution in [0.4, 0.5) is 4.79 Å². The molecule has 18 heavy (non-hydrogen) atoms. The number of aryl methyl sites for hydroxylation is 1. The average molecular weight is 315 g/mol. The van der Waals surface area contributed by atoms with E-state index in [0.717, 1.165) is 10.0 Å². The summed E-state index contributed by atoms with van der Waals surface area (Å²) >= 11 is 3.35. The molecule has 98 valence electrons. The molecule has 5 nitrogen and oxygen atoms in total. The standard InChI is InChI=1S/C12H15BrN2O3/c1-7-6-9(13)4-5-10(7)18-8(2)11(16)15-12(17)14-3/h4-6,8H,1-3H3,(H2,14,15,16,17). The Balaban J connectivity index is 2.66. The molecule has 0 aliphatic carbocycles. The number of urea groups is 1. The fourth-order valence-electron chi connectivity index (χ4n) is 1.27. The van der Waals surface area contributed by atoms with Gasteiger partial charge in [-0.2, -0.15) is 0 Å². The fraction of sp³-hybridized carbons (Fsp3) is 0.333. The van der Waals surface area contributed by atoms with E-state index in [2.05, 4.69) is 26.6 Å². The third-order valence-electron chi connectivity index (χ3n) is 2.27. The fourth-order valence-corrected chi connectivity index (χ4v) is 1.74. The van der Waals surface area contributed by atoms with Gasteiger partial charge in [-0.25, -0.2) is 4.79 Å². The summed E-state index contributed by atoms with van der Waals surface area (Å²) in [5.74, 6) is 0.120. The molecule has 0 spiro atoms. The number of imide groups is 1. The van der Waals surface area contributed by atoms with E-state index < -0.39 is 18.0 Å². The highest BCUT2D eigenvalue weighted by atomic mass is 79.9. The summed E-state index contributed by atoms with van der Waals surface area (Å²) in [5, 5.41) is 4.46. The molecule has 2 N–H and O–H groups in total. The predicted molar refractivity (Wildman–Crippen MR) is 71.6 cm³/mol. The van der Waals surface area contributed by atoms with E-state index in [-0.39, 0.29) is 0 Å². The molecule has 0 fully saturated rings. The maximum Gasteiger partial charge on any atom is 0.321 e. The Morgan fingerprint density at radius 1 is 1.39 bits per heavy atom. The van der Waals surface area contributed by atoms with Crippen LogP contribution in [0.25, 0.3) is 0 Å². The average Bonchev–Trinajstić information content (AvgIpc) is 2.32. The van der Waals surface area contributed by atoms with Gasteiger partial charge < -0.3 is 10.1 Å². The molecule has 0 heterocycles. The lowest BCUT2D eigenvalue weighted by Gasteiger charge is -2.15. The van der Waals surface area contributed by atoms with Crippen molar-refractivity contribution in [1.29, 1.82) is 0 Å². The summed E-state index contributed by atoms with van der Waals surface area (Å²) < 4.78 is 6.43. The van der Waals surface area contributed by atoms with Crippen molar-refractivity contribution in [3.63, 3.8) is 0 Å². The first-order valence-corrected chi connectivity index (χ1v) is 6.18. The van der Waals surface area contributed by atoms with Gasteiger partial charge in [-0.05, 0) is 37.6 Å². The van der Waals surface area contributed by atoms with Crippen LogP contribution < -0.4 is 15.4 Å². The van der Waals surface area contributed by atoms with E-state index in [4.69, 9.17) is 4.74 Å². The van der Waals surface area contributed by atoms with Crippen molar-refractivity contribution in [1.82, 2.24) is 10.6 Å². The highest BCUT2D eigenvalue weighted by Crippen LogP contribution is 2.23. The van der Waals surface area contributed by atoms with Gasteiger partial charge in [-0.3, -0.25) is 10.1 Å². The molecule has 0 saturated carbocycles. The van der Waals surface area contributed by atoms with E-state index in [1.54, 1.807) is 13.0 Å². The summed E-state index contributed by atoms with van der Waals surface area (Å²) in [5.41, 5.74) is 0.906. The molecule has 1 unspecified atom stereocenters. The van der Waals surface area contributed by atoms with Crippen LogP contribution in [0.3, 0.4) is 0 Å². The van der Waals surface area contributed by atoms with Crippen molar-refractivity contribution >= 4 is 27.9 Å². The number of hydrogen-bond donors (Lipinski definition) is 2. The summed E-state index contributed by atoms with van der Waals surface area (Å²) in [6.07, 6.45) is -0.748. The second-order valence-corrected chi connectivity index (χ2v) is 4.65. The largest absolute Gasteiger partial charge is 0.481 e. The molecule has 1 atom stereocenters. The number of carbonyl (C=O) groups excluding carboxylic acids is 2. The zero-order valence-corrected chi connectivity index (χ0v) is 12.0. The first-order chi connectivity index (χ1) is 8.43. The molecule has 0 aromatic heterocycles. The normalized spacial score (nSPS) is 11.6. The molecule has 0 bridgehead atoms. The third kappa shape index (κ3) is 4.03. The van der Waals surface area contributed by atoms with Crippen molar-refractivity contribution < 1.29 is 14.3 Å². The molecule has 0 aliphatic rings. The first kappa shape index (κ1) is 14.5. The van der Waals surface area contributed by atoms with Gasteiger partial charge in [0.1, 0.15) is 5.75 Å². The molecule has 3 amide bonds. The number of nitrogens with one attached hydrogen (secondary N) is 2. The molecule has 0 radical (unpaired) electrons. The Morgan fingerprint density at radius 3 is 2.61 bits per heavy atom. The smallest absolute Gasteiger partial charge is 0.321 e. The minimum atomic E-state index is -0.748. The first-order valence-electron chi connectivity index (χ1n) is 5.39. The highest BCUT2D eigenvalue weighted by Gasteiger charge is 2.17. The summed E-state index contributed by atoms with van der Waals surface area (Å²) in [7, 11) is 1.44. The number of rotatable bonds is 3. The summed E-state index contributed by atoms with van der Waals surface area (Å²) in [4.78, 5) is 22.6. The SMILES string of the molecule is CNC(=O)NC(=O)C(C)Oc1ccc(Br)cc1C. The molecule has 1 aromatic rings. The lowest BCUT2D eigenvalue weighted by molar-refractivity contribution is -0.126. The van der Waals surface area contributed by atoms with E-state index in [1.165, 1.54) is 7.05 Å². The van der Waals surface area contributed by atoms with Crippen LogP contribution in [0.5, 0.6) is 5.75 Å². The number of benzene rings is 1. The van der Waals surface area contributed by atoms with Crippen molar-refractivity contribution in [3.05, 3.63) is 28.2 Å². The number of ether oxygens (including phenoxy) is 1. The van der Waals surface area contributed by atoms with Gasteiger partial charge in [-0.1, -0.05) is 15.9 Å². The van der Waals surface area contributed by atoms with Crippen molar-refractivity contribution in [2.24, 2.45) is 0 Å². The zero-order chi connectivity index (χ0) is 13.7. The van der Waals surface area contributed by atoms with Gasteiger partial charge in [0.15, 0.2) is 6.10 Å². The minimum Gasteiger partial charge on any atom is -0.481 e. The van der Waals surface area contributed by atoms with Crippen LogP contribution in [-0.2, 0) is 4.79 Å². The molecular formula is C12H15BrN2O3. The highest BCUT2D eigenvalue weighted by molar-refractivity contribution is 9.10. The predicted octanol–water partition coefficient (Wildman–Crippen LogP) is 1.98. The Bertz CT molecular complexity index is 463. The van der Waals surface area contributed by atoms with E-state index in [1.807, 2.05) is 19.1 Å². The summed E-state index contributed by atoms with van der Waals surface area (Å²) in [6.45, 7) is 3.46. The van der Waals surface area contributed by atoms with Crippen LogP contribution >= 0.6 is 15.9 Å². The van der Waals surface area contributed by atoms with Gasteiger partial charge in [-0.15, -0.1) is 0 Å². The Hall–Kier alpha value is -1.56. The zero-order valence-electron chi connectivity index (χ0n) is 10.4. The van der Waals surface area contributed by atoms with Crippen molar-refractivity contribution in [3.8, 4) is 5.75 Å². The molecule has 1 aromatic carbocycles. The lowest BCUT2D eigenvalue weighted by atomic mass is 10.2. The third-order valence-corrected chi connectivity index (χ3v) is 2.77. The molecule has 1 rings (SSSR count). The van der Waals surface area contributed by atoms with Crippen LogP contribution in [0.1, 0.15) is 12.5 Å². The van der Waals surface area contributed by atoms with Crippen LogP contribution in [0, 0.1) is 6.92 Å². The Kier molecular flexibility index (Phi) is 5.15. The quantitative estimate of drug-likeness (QED) is 0.896. The van der Waals surface area contributed by atoms with Crippen LogP contribution in [-0.4, -0.2) is 25.1 Å². The number of carbonyl (C=O) groups is 2. The van der Waals surface area contributed by atoms with Crippen LogP contribution in [0.15, 0.2) is 22.7 Å². The monoisotopic (exact) mass is 314 g/mol. The van der Waals surface area contributed by atoms with Gasteiger partial charge >= 0.3 is 6.03 Å². The summed E-state index contributed by atoms with van der Waals surface area (Å²) in [6, 6.07) is 4.93. The molecule has 0 aliphatic heterocycles. The molecular weight excluding hydrogens is 300 g/mol. The van der Waals surface area contributed by atoms with Gasteiger partial charge in [0.05, 0.1) is 0 Å². The topological polar surface area (TPSA) is 67.4 Å². The number of halogens is 1. The second-order valence-electron chi connectivity index (χ2n) is 3.74. The van der Waals surface area contributed by atoms with E-state index in [0.29, 0.717) is 5.75 Å². The Morgan fingerprint density at radius 2 is 2.06 bits per heavy atom. The minimum absolute atomic E-state index is 0.489. The second kappa shape index (κ2) is 6.39. The molecule has 0 saturated heterocycles. The Labute approximate surface area is 114 Å². The number of amides is 3.